The second-order valence-electron chi connectivity index (χ2n) is 3.77. The topological polar surface area (TPSA) is 46.5 Å². The maximum atomic E-state index is 11.9. The first-order valence-electron chi connectivity index (χ1n) is 5.81. The van der Waals surface area contributed by atoms with E-state index in [9.17, 15) is 4.21 Å². The lowest BCUT2D eigenvalue weighted by Crippen LogP contribution is -1.95. The van der Waals surface area contributed by atoms with Gasteiger partial charge in [0.2, 0.25) is 0 Å². The highest BCUT2D eigenvalue weighted by molar-refractivity contribution is 7.85. The van der Waals surface area contributed by atoms with Crippen LogP contribution in [0.3, 0.4) is 0 Å². The Morgan fingerprint density at radius 2 is 2.05 bits per heavy atom. The Hall–Kier alpha value is -1.65. The fourth-order valence-electron chi connectivity index (χ4n) is 1.30. The lowest BCUT2D eigenvalue weighted by molar-refractivity contribution is 0.282. The predicted molar refractivity (Wildman–Crippen MR) is 78.1 cm³/mol. The number of allylic oxidation sites excluding steroid dienone is 3. The molecule has 0 spiro atoms. The molecule has 1 unspecified atom stereocenters. The minimum Gasteiger partial charge on any atom is -0.497 e. The summed E-state index contributed by atoms with van der Waals surface area (Å²) in [7, 11) is 0.491. The maximum Gasteiger partial charge on any atom is 0.111 e. The molecule has 0 radical (unpaired) electrons. The van der Waals surface area contributed by atoms with Crippen molar-refractivity contribution in [2.45, 2.75) is 11.5 Å². The molecule has 0 amide bonds. The summed E-state index contributed by atoms with van der Waals surface area (Å²) in [5, 5.41) is 8.92. The van der Waals surface area contributed by atoms with Gasteiger partial charge in [-0.3, -0.25) is 4.21 Å². The largest absolute Gasteiger partial charge is 0.497 e. The van der Waals surface area contributed by atoms with Crippen LogP contribution in [-0.4, -0.2) is 22.2 Å². The number of rotatable bonds is 7. The van der Waals surface area contributed by atoms with Gasteiger partial charge in [0.15, 0.2) is 0 Å². The summed E-state index contributed by atoms with van der Waals surface area (Å²) in [6.07, 6.45) is 7.16. The number of aliphatic hydroxyl groups is 1. The second-order valence-corrected chi connectivity index (χ2v) is 5.27. The van der Waals surface area contributed by atoms with Gasteiger partial charge in [-0.1, -0.05) is 36.9 Å². The van der Waals surface area contributed by atoms with Crippen molar-refractivity contribution in [2.75, 3.05) is 12.9 Å². The summed E-state index contributed by atoms with van der Waals surface area (Å²) in [6, 6.07) is 7.11. The van der Waals surface area contributed by atoms with Crippen molar-refractivity contribution in [3.63, 3.8) is 0 Å². The van der Waals surface area contributed by atoms with Crippen LogP contribution in [0.25, 0.3) is 0 Å². The smallest absolute Gasteiger partial charge is 0.111 e. The Labute approximate surface area is 116 Å². The van der Waals surface area contributed by atoms with E-state index in [2.05, 4.69) is 6.58 Å². The lowest BCUT2D eigenvalue weighted by atomic mass is 10.2. The molecule has 1 rings (SSSR count). The molecule has 1 aromatic rings. The van der Waals surface area contributed by atoms with Crippen LogP contribution in [-0.2, 0) is 22.1 Å². The Morgan fingerprint density at radius 1 is 1.37 bits per heavy atom. The average Bonchev–Trinajstić information content (AvgIpc) is 2.46. The number of aliphatic hydroxyl groups excluding tert-OH is 1. The van der Waals surface area contributed by atoms with Crippen LogP contribution in [0.15, 0.2) is 65.8 Å². The van der Waals surface area contributed by atoms with Crippen LogP contribution in [0.2, 0.25) is 0 Å². The second kappa shape index (κ2) is 8.45. The van der Waals surface area contributed by atoms with E-state index in [1.54, 1.807) is 43.5 Å². The molecular weight excluding hydrogens is 260 g/mol. The van der Waals surface area contributed by atoms with Crippen molar-refractivity contribution in [2.24, 2.45) is 0 Å². The highest BCUT2D eigenvalue weighted by atomic mass is 32.2. The van der Waals surface area contributed by atoms with Crippen LogP contribution in [0.1, 0.15) is 5.56 Å². The van der Waals surface area contributed by atoms with Gasteiger partial charge >= 0.3 is 0 Å². The van der Waals surface area contributed by atoms with E-state index < -0.39 is 10.8 Å². The molecule has 0 aliphatic carbocycles. The van der Waals surface area contributed by atoms with E-state index in [1.807, 2.05) is 12.2 Å². The van der Waals surface area contributed by atoms with Gasteiger partial charge < -0.3 is 9.84 Å². The molecule has 1 aromatic carbocycles. The molecule has 3 nitrogen and oxygen atoms in total. The van der Waals surface area contributed by atoms with E-state index in [1.165, 1.54) is 0 Å². The number of benzene rings is 1. The summed E-state index contributed by atoms with van der Waals surface area (Å²) in [4.78, 5) is 0.757. The first-order chi connectivity index (χ1) is 9.17. The van der Waals surface area contributed by atoms with Crippen molar-refractivity contribution < 1.29 is 14.1 Å². The summed E-state index contributed by atoms with van der Waals surface area (Å²) in [5.74, 6) is 1.02. The monoisotopic (exact) mass is 278 g/mol. The van der Waals surface area contributed by atoms with Crippen molar-refractivity contribution >= 4 is 10.8 Å². The highest BCUT2D eigenvalue weighted by Crippen LogP contribution is 2.09. The molecule has 102 valence electrons. The molecule has 0 fully saturated rings. The number of hydrogen-bond donors (Lipinski definition) is 1. The molecule has 19 heavy (non-hydrogen) atoms. The summed E-state index contributed by atoms with van der Waals surface area (Å²) >= 11 is 0. The molecule has 0 aliphatic rings. The van der Waals surface area contributed by atoms with E-state index in [4.69, 9.17) is 9.84 Å². The minimum atomic E-state index is -1.07. The minimum absolute atomic E-state index is 0.000991. The molecule has 1 N–H and O–H groups in total. The van der Waals surface area contributed by atoms with Gasteiger partial charge in [0, 0.05) is 10.6 Å². The zero-order valence-corrected chi connectivity index (χ0v) is 11.7. The fraction of sp³-hybridized carbons (Fsp3) is 0.200. The van der Waals surface area contributed by atoms with Gasteiger partial charge in [0.25, 0.3) is 0 Å². The lowest BCUT2D eigenvalue weighted by Gasteiger charge is -2.00. The third kappa shape index (κ3) is 5.68. The summed E-state index contributed by atoms with van der Waals surface area (Å²) in [5.41, 5.74) is 0.817. The van der Waals surface area contributed by atoms with Crippen molar-refractivity contribution in [3.05, 3.63) is 66.5 Å². The summed E-state index contributed by atoms with van der Waals surface area (Å²) in [6.45, 7) is 3.65. The van der Waals surface area contributed by atoms with Crippen molar-refractivity contribution in [3.8, 4) is 0 Å². The van der Waals surface area contributed by atoms with Gasteiger partial charge in [-0.15, -0.1) is 0 Å². The Bertz CT molecular complexity index is 487. The van der Waals surface area contributed by atoms with Crippen LogP contribution < -0.4 is 0 Å². The molecule has 0 aliphatic heterocycles. The van der Waals surface area contributed by atoms with Gasteiger partial charge in [-0.2, -0.15) is 0 Å². The number of hydrogen-bond acceptors (Lipinski definition) is 3. The highest BCUT2D eigenvalue weighted by Gasteiger charge is 2.00. The fourth-order valence-corrected chi connectivity index (χ4v) is 2.21. The molecule has 0 saturated carbocycles. The third-order valence-electron chi connectivity index (χ3n) is 2.41. The quantitative estimate of drug-likeness (QED) is 0.616. The van der Waals surface area contributed by atoms with Crippen LogP contribution in [0, 0.1) is 0 Å². The zero-order valence-electron chi connectivity index (χ0n) is 10.9. The molecule has 0 bridgehead atoms. The maximum absolute atomic E-state index is 11.9. The van der Waals surface area contributed by atoms with E-state index in [0.29, 0.717) is 11.5 Å². The predicted octanol–water partition coefficient (Wildman–Crippen LogP) is 2.56. The third-order valence-corrected chi connectivity index (χ3v) is 3.70. The van der Waals surface area contributed by atoms with E-state index >= 15 is 0 Å². The first kappa shape index (κ1) is 15.4. The van der Waals surface area contributed by atoms with Crippen LogP contribution in [0.5, 0.6) is 0 Å². The Morgan fingerprint density at radius 3 is 2.63 bits per heavy atom. The Balaban J connectivity index is 2.48. The summed E-state index contributed by atoms with van der Waals surface area (Å²) < 4.78 is 16.8. The Kier molecular flexibility index (Phi) is 6.85. The van der Waals surface area contributed by atoms with E-state index in [0.717, 1.165) is 10.5 Å². The van der Waals surface area contributed by atoms with Crippen LogP contribution in [0.4, 0.5) is 0 Å². The zero-order chi connectivity index (χ0) is 14.1. The van der Waals surface area contributed by atoms with Gasteiger partial charge in [-0.25, -0.2) is 0 Å². The SMILES string of the molecule is C=C(/C=C/C=C/CS(=O)c1ccc(CO)cc1)OC. The number of ether oxygens (including phenoxy) is 1. The normalized spacial score (nSPS) is 12.9. The first-order valence-corrected chi connectivity index (χ1v) is 7.13. The van der Waals surface area contributed by atoms with Gasteiger partial charge in [-0.05, 0) is 23.8 Å². The van der Waals surface area contributed by atoms with Gasteiger partial charge in [0.05, 0.1) is 24.5 Å². The van der Waals surface area contributed by atoms with Crippen molar-refractivity contribution in [1.29, 1.82) is 0 Å². The molecule has 0 heterocycles. The molecular formula is C15H18O3S. The van der Waals surface area contributed by atoms with E-state index in [-0.39, 0.29) is 6.61 Å². The van der Waals surface area contributed by atoms with Gasteiger partial charge in [0.1, 0.15) is 5.76 Å². The molecule has 0 aromatic heterocycles. The average molecular weight is 278 g/mol. The number of methoxy groups -OCH3 is 1. The van der Waals surface area contributed by atoms with Crippen molar-refractivity contribution in [1.82, 2.24) is 0 Å². The molecule has 1 atom stereocenters. The van der Waals surface area contributed by atoms with Crippen LogP contribution >= 0.6 is 0 Å². The molecule has 4 heteroatoms. The molecule has 0 saturated heterocycles. The standard InChI is InChI=1S/C15H18O3S/c1-13(18-2)6-4-3-5-11-19(17)15-9-7-14(12-16)8-10-15/h3-10,16H,1,11-12H2,2H3/b5-3+,6-4+.